The third-order valence-corrected chi connectivity index (χ3v) is 1.91. The maximum atomic E-state index is 12.4. The number of aromatic nitrogens is 1. The van der Waals surface area contributed by atoms with E-state index in [-0.39, 0.29) is 17.9 Å². The van der Waals surface area contributed by atoms with E-state index in [1.54, 1.807) is 6.92 Å². The SMILES string of the molecule is CCOC(=O)c1cc(C(F)(F)F)cnc1C. The Labute approximate surface area is 90.2 Å². The molecule has 0 saturated carbocycles. The largest absolute Gasteiger partial charge is 0.462 e. The Morgan fingerprint density at radius 1 is 1.50 bits per heavy atom. The lowest BCUT2D eigenvalue weighted by Gasteiger charge is -2.09. The van der Waals surface area contributed by atoms with E-state index in [0.717, 1.165) is 6.07 Å². The first-order valence-corrected chi connectivity index (χ1v) is 4.57. The van der Waals surface area contributed by atoms with E-state index >= 15 is 0 Å². The number of nitrogens with zero attached hydrogens (tertiary/aromatic N) is 1. The van der Waals surface area contributed by atoms with E-state index in [1.165, 1.54) is 6.92 Å². The molecule has 16 heavy (non-hydrogen) atoms. The van der Waals surface area contributed by atoms with Crippen LogP contribution in [0.2, 0.25) is 0 Å². The van der Waals surface area contributed by atoms with Gasteiger partial charge in [-0.1, -0.05) is 0 Å². The number of pyridine rings is 1. The highest BCUT2D eigenvalue weighted by molar-refractivity contribution is 5.90. The number of halogens is 3. The average Bonchev–Trinajstić information content (AvgIpc) is 2.16. The summed E-state index contributed by atoms with van der Waals surface area (Å²) >= 11 is 0. The minimum absolute atomic E-state index is 0.106. The number of esters is 1. The summed E-state index contributed by atoms with van der Waals surface area (Å²) in [7, 11) is 0. The molecule has 0 aliphatic heterocycles. The molecular formula is C10H10F3NO2. The van der Waals surface area contributed by atoms with Crippen LogP contribution < -0.4 is 0 Å². The van der Waals surface area contributed by atoms with Crippen LogP contribution in [0.25, 0.3) is 0 Å². The van der Waals surface area contributed by atoms with Gasteiger partial charge >= 0.3 is 12.1 Å². The molecule has 0 atom stereocenters. The average molecular weight is 233 g/mol. The van der Waals surface area contributed by atoms with Crippen molar-refractivity contribution < 1.29 is 22.7 Å². The van der Waals surface area contributed by atoms with Gasteiger partial charge in [-0.05, 0) is 19.9 Å². The number of hydrogen-bond donors (Lipinski definition) is 0. The zero-order valence-corrected chi connectivity index (χ0v) is 8.76. The predicted octanol–water partition coefficient (Wildman–Crippen LogP) is 2.59. The maximum Gasteiger partial charge on any atom is 0.417 e. The number of carbonyl (C=O) groups is 1. The maximum absolute atomic E-state index is 12.4. The van der Waals surface area contributed by atoms with E-state index in [4.69, 9.17) is 0 Å². The second kappa shape index (κ2) is 4.51. The van der Waals surface area contributed by atoms with Crippen molar-refractivity contribution in [2.45, 2.75) is 20.0 Å². The molecule has 0 saturated heterocycles. The first kappa shape index (κ1) is 12.5. The quantitative estimate of drug-likeness (QED) is 0.737. The van der Waals surface area contributed by atoms with Crippen molar-refractivity contribution in [3.8, 4) is 0 Å². The minimum atomic E-state index is -4.51. The van der Waals surface area contributed by atoms with Crippen LogP contribution in [0.5, 0.6) is 0 Å². The van der Waals surface area contributed by atoms with Crippen molar-refractivity contribution in [1.29, 1.82) is 0 Å². The van der Waals surface area contributed by atoms with Gasteiger partial charge in [0.15, 0.2) is 0 Å². The molecule has 1 rings (SSSR count). The van der Waals surface area contributed by atoms with Crippen LogP contribution in [0.3, 0.4) is 0 Å². The van der Waals surface area contributed by atoms with Crippen LogP contribution in [-0.4, -0.2) is 17.6 Å². The van der Waals surface area contributed by atoms with Gasteiger partial charge in [0, 0.05) is 6.20 Å². The number of ether oxygens (including phenoxy) is 1. The molecule has 1 aromatic rings. The molecule has 0 radical (unpaired) electrons. The zero-order chi connectivity index (χ0) is 12.3. The van der Waals surface area contributed by atoms with Crippen LogP contribution in [0.4, 0.5) is 13.2 Å². The van der Waals surface area contributed by atoms with Crippen LogP contribution in [0.15, 0.2) is 12.3 Å². The molecule has 0 N–H and O–H groups in total. The molecular weight excluding hydrogens is 223 g/mol. The fourth-order valence-electron chi connectivity index (χ4n) is 1.10. The van der Waals surface area contributed by atoms with Crippen LogP contribution >= 0.6 is 0 Å². The summed E-state index contributed by atoms with van der Waals surface area (Å²) in [6.07, 6.45) is -3.82. The van der Waals surface area contributed by atoms with Gasteiger partial charge in [-0.25, -0.2) is 4.79 Å². The molecule has 0 aliphatic rings. The molecule has 0 fully saturated rings. The lowest BCUT2D eigenvalue weighted by Crippen LogP contribution is -2.12. The van der Waals surface area contributed by atoms with Crippen LogP contribution in [0.1, 0.15) is 28.5 Å². The van der Waals surface area contributed by atoms with Crippen molar-refractivity contribution in [2.75, 3.05) is 6.61 Å². The lowest BCUT2D eigenvalue weighted by atomic mass is 10.1. The van der Waals surface area contributed by atoms with E-state index in [2.05, 4.69) is 9.72 Å². The van der Waals surface area contributed by atoms with Crippen molar-refractivity contribution in [3.63, 3.8) is 0 Å². The molecule has 0 unspecified atom stereocenters. The summed E-state index contributed by atoms with van der Waals surface area (Å²) in [6.45, 7) is 3.13. The van der Waals surface area contributed by atoms with Gasteiger partial charge in [-0.2, -0.15) is 13.2 Å². The van der Waals surface area contributed by atoms with Gasteiger partial charge in [0.05, 0.1) is 23.4 Å². The Morgan fingerprint density at radius 3 is 2.62 bits per heavy atom. The number of alkyl halides is 3. The Morgan fingerprint density at radius 2 is 2.12 bits per heavy atom. The molecule has 6 heteroatoms. The molecule has 3 nitrogen and oxygen atoms in total. The highest BCUT2D eigenvalue weighted by Gasteiger charge is 2.32. The molecule has 88 valence electrons. The first-order valence-electron chi connectivity index (χ1n) is 4.57. The van der Waals surface area contributed by atoms with Gasteiger partial charge in [0.2, 0.25) is 0 Å². The van der Waals surface area contributed by atoms with Gasteiger partial charge in [-0.15, -0.1) is 0 Å². The molecule has 1 aromatic heterocycles. The minimum Gasteiger partial charge on any atom is -0.462 e. The molecule has 1 heterocycles. The summed E-state index contributed by atoms with van der Waals surface area (Å²) in [5, 5.41) is 0. The second-order valence-electron chi connectivity index (χ2n) is 3.08. The summed E-state index contributed by atoms with van der Waals surface area (Å²) in [6, 6.07) is 0.750. The van der Waals surface area contributed by atoms with Gasteiger partial charge in [-0.3, -0.25) is 4.98 Å². The van der Waals surface area contributed by atoms with Crippen molar-refractivity contribution >= 4 is 5.97 Å². The molecule has 0 aromatic carbocycles. The Hall–Kier alpha value is -1.59. The summed E-state index contributed by atoms with van der Waals surface area (Å²) in [5.41, 5.74) is -0.899. The number of carbonyl (C=O) groups excluding carboxylic acids is 1. The van der Waals surface area contributed by atoms with Gasteiger partial charge in [0.25, 0.3) is 0 Å². The lowest BCUT2D eigenvalue weighted by molar-refractivity contribution is -0.137. The number of hydrogen-bond acceptors (Lipinski definition) is 3. The molecule has 0 aliphatic carbocycles. The van der Waals surface area contributed by atoms with E-state index < -0.39 is 17.7 Å². The second-order valence-corrected chi connectivity index (χ2v) is 3.08. The van der Waals surface area contributed by atoms with Crippen molar-refractivity contribution in [1.82, 2.24) is 4.98 Å². The van der Waals surface area contributed by atoms with Gasteiger partial charge in [0.1, 0.15) is 0 Å². The van der Waals surface area contributed by atoms with E-state index in [0.29, 0.717) is 6.20 Å². The normalized spacial score (nSPS) is 11.3. The molecule has 0 spiro atoms. The Bertz CT molecular complexity index is 402. The summed E-state index contributed by atoms with van der Waals surface area (Å²) in [5.74, 6) is -0.793. The van der Waals surface area contributed by atoms with Crippen molar-refractivity contribution in [2.24, 2.45) is 0 Å². The third kappa shape index (κ3) is 2.71. The molecule has 0 bridgehead atoms. The Kier molecular flexibility index (Phi) is 3.51. The monoisotopic (exact) mass is 233 g/mol. The first-order chi connectivity index (χ1) is 7.36. The van der Waals surface area contributed by atoms with Crippen molar-refractivity contribution in [3.05, 3.63) is 29.1 Å². The van der Waals surface area contributed by atoms with Crippen LogP contribution in [0, 0.1) is 6.92 Å². The molecule has 0 amide bonds. The zero-order valence-electron chi connectivity index (χ0n) is 8.76. The summed E-state index contributed by atoms with van der Waals surface area (Å²) < 4.78 is 41.7. The fourth-order valence-corrected chi connectivity index (χ4v) is 1.10. The van der Waals surface area contributed by atoms with Gasteiger partial charge < -0.3 is 4.74 Å². The topological polar surface area (TPSA) is 39.2 Å². The number of rotatable bonds is 2. The standard InChI is InChI=1S/C10H10F3NO2/c1-3-16-9(15)8-4-7(10(11,12)13)5-14-6(8)2/h4-5H,3H2,1-2H3. The highest BCUT2D eigenvalue weighted by atomic mass is 19.4. The predicted molar refractivity (Wildman–Crippen MR) is 49.9 cm³/mol. The third-order valence-electron chi connectivity index (χ3n) is 1.91. The highest BCUT2D eigenvalue weighted by Crippen LogP contribution is 2.29. The van der Waals surface area contributed by atoms with E-state index in [1.807, 2.05) is 0 Å². The summed E-state index contributed by atoms with van der Waals surface area (Å²) in [4.78, 5) is 14.8. The smallest absolute Gasteiger partial charge is 0.417 e. The van der Waals surface area contributed by atoms with Crippen LogP contribution in [-0.2, 0) is 10.9 Å². The Balaban J connectivity index is 3.14. The fraction of sp³-hybridized carbons (Fsp3) is 0.400. The number of aryl methyl sites for hydroxylation is 1. The van der Waals surface area contributed by atoms with E-state index in [9.17, 15) is 18.0 Å².